The van der Waals surface area contributed by atoms with Crippen LogP contribution in [0.25, 0.3) is 0 Å². The first kappa shape index (κ1) is 17.9. The number of fused-ring (bicyclic) bond motifs is 3. The third-order valence-corrected chi connectivity index (χ3v) is 5.83. The van der Waals surface area contributed by atoms with E-state index in [0.717, 1.165) is 25.8 Å². The van der Waals surface area contributed by atoms with Crippen LogP contribution in [0.2, 0.25) is 10.0 Å². The van der Waals surface area contributed by atoms with Gasteiger partial charge in [0, 0.05) is 12.6 Å². The average Bonchev–Trinajstić information content (AvgIpc) is 2.50. The summed E-state index contributed by atoms with van der Waals surface area (Å²) in [7, 11) is 0. The summed E-state index contributed by atoms with van der Waals surface area (Å²) in [6.45, 7) is 6.56. The second-order valence-electron chi connectivity index (χ2n) is 8.07. The van der Waals surface area contributed by atoms with E-state index in [2.05, 4.69) is 6.07 Å². The number of hydrogen-bond donors (Lipinski definition) is 0. The summed E-state index contributed by atoms with van der Waals surface area (Å²) in [5.41, 5.74) is 0.790. The highest BCUT2D eigenvalue weighted by Crippen LogP contribution is 2.41. The average molecular weight is 370 g/mol. The second-order valence-corrected chi connectivity index (χ2v) is 8.89. The van der Waals surface area contributed by atoms with Crippen LogP contribution in [-0.2, 0) is 11.2 Å². The molecule has 5 heteroatoms. The topological polar surface area (TPSA) is 29.5 Å². The Morgan fingerprint density at radius 1 is 1.25 bits per heavy atom. The van der Waals surface area contributed by atoms with E-state index in [1.807, 2.05) is 37.8 Å². The van der Waals surface area contributed by atoms with Crippen molar-refractivity contribution >= 4 is 29.3 Å². The molecule has 2 bridgehead atoms. The highest BCUT2D eigenvalue weighted by atomic mass is 35.5. The molecule has 2 heterocycles. The molecular formula is C19H25Cl2NO2. The van der Waals surface area contributed by atoms with Gasteiger partial charge in [-0.05, 0) is 76.0 Å². The van der Waals surface area contributed by atoms with Crippen molar-refractivity contribution in [3.8, 4) is 0 Å². The summed E-state index contributed by atoms with van der Waals surface area (Å²) in [6, 6.07) is 6.20. The molecule has 1 amide bonds. The van der Waals surface area contributed by atoms with E-state index in [1.54, 1.807) is 0 Å². The minimum atomic E-state index is -0.437. The second kappa shape index (κ2) is 6.76. The van der Waals surface area contributed by atoms with Gasteiger partial charge in [-0.3, -0.25) is 0 Å². The molecule has 1 aromatic rings. The zero-order valence-corrected chi connectivity index (χ0v) is 16.0. The molecule has 0 spiro atoms. The minimum absolute atomic E-state index is 0.162. The van der Waals surface area contributed by atoms with Gasteiger partial charge < -0.3 is 9.64 Å². The van der Waals surface area contributed by atoms with Crippen molar-refractivity contribution in [2.45, 2.75) is 58.1 Å². The number of carbonyl (C=O) groups is 1. The van der Waals surface area contributed by atoms with E-state index in [1.165, 1.54) is 12.0 Å². The minimum Gasteiger partial charge on any atom is -0.444 e. The first-order valence-electron chi connectivity index (χ1n) is 8.66. The lowest BCUT2D eigenvalue weighted by atomic mass is 9.70. The van der Waals surface area contributed by atoms with Gasteiger partial charge in [-0.2, -0.15) is 0 Å². The lowest BCUT2D eigenvalue weighted by Gasteiger charge is -2.49. The molecule has 3 nitrogen and oxygen atoms in total. The largest absolute Gasteiger partial charge is 0.444 e. The van der Waals surface area contributed by atoms with Crippen molar-refractivity contribution in [2.24, 2.45) is 11.8 Å². The summed E-state index contributed by atoms with van der Waals surface area (Å²) >= 11 is 12.1. The molecule has 24 heavy (non-hydrogen) atoms. The Morgan fingerprint density at radius 2 is 2.00 bits per heavy atom. The predicted molar refractivity (Wildman–Crippen MR) is 97.7 cm³/mol. The Hall–Kier alpha value is -0.930. The van der Waals surface area contributed by atoms with E-state index in [4.69, 9.17) is 27.9 Å². The van der Waals surface area contributed by atoms with Gasteiger partial charge in [0.25, 0.3) is 0 Å². The molecule has 4 rings (SSSR count). The summed E-state index contributed by atoms with van der Waals surface area (Å²) in [5.74, 6) is 1.14. The Balaban J connectivity index is 1.65. The number of amides is 1. The number of carbonyl (C=O) groups excluding carboxylic acids is 1. The van der Waals surface area contributed by atoms with E-state index < -0.39 is 5.60 Å². The third-order valence-electron chi connectivity index (χ3n) is 5.09. The smallest absolute Gasteiger partial charge is 0.410 e. The van der Waals surface area contributed by atoms with Crippen LogP contribution < -0.4 is 0 Å². The van der Waals surface area contributed by atoms with Gasteiger partial charge in [0.2, 0.25) is 0 Å². The van der Waals surface area contributed by atoms with E-state index in [-0.39, 0.29) is 6.09 Å². The van der Waals surface area contributed by atoms with Crippen molar-refractivity contribution in [1.82, 2.24) is 4.90 Å². The highest BCUT2D eigenvalue weighted by Gasteiger charge is 2.43. The number of piperidine rings is 2. The molecule has 3 unspecified atom stereocenters. The molecule has 2 saturated heterocycles. The molecule has 1 aliphatic carbocycles. The SMILES string of the molecule is CC(C)(C)OC(=O)N1CC2CCC1CC2Cc1ccc(Cl)c(Cl)c1. The van der Waals surface area contributed by atoms with Crippen molar-refractivity contribution in [3.05, 3.63) is 33.8 Å². The van der Waals surface area contributed by atoms with Gasteiger partial charge in [0.15, 0.2) is 0 Å². The van der Waals surface area contributed by atoms with E-state index in [9.17, 15) is 4.79 Å². The van der Waals surface area contributed by atoms with Crippen LogP contribution >= 0.6 is 23.2 Å². The molecule has 3 aliphatic rings. The Morgan fingerprint density at radius 3 is 2.58 bits per heavy atom. The van der Waals surface area contributed by atoms with E-state index >= 15 is 0 Å². The maximum atomic E-state index is 12.4. The van der Waals surface area contributed by atoms with Crippen molar-refractivity contribution in [3.63, 3.8) is 0 Å². The highest BCUT2D eigenvalue weighted by molar-refractivity contribution is 6.42. The van der Waals surface area contributed by atoms with Crippen LogP contribution in [0.15, 0.2) is 18.2 Å². The quantitative estimate of drug-likeness (QED) is 0.681. The molecule has 0 N–H and O–H groups in total. The molecule has 1 aromatic carbocycles. The monoisotopic (exact) mass is 369 g/mol. The normalized spacial score (nSPS) is 26.5. The van der Waals surface area contributed by atoms with Crippen LogP contribution in [0.4, 0.5) is 4.79 Å². The zero-order valence-electron chi connectivity index (χ0n) is 14.5. The Bertz CT molecular complexity index is 626. The maximum absolute atomic E-state index is 12.4. The molecule has 3 atom stereocenters. The lowest BCUT2D eigenvalue weighted by Crippen LogP contribution is -2.55. The van der Waals surface area contributed by atoms with E-state index in [0.29, 0.717) is 27.9 Å². The molecule has 2 aliphatic heterocycles. The number of benzene rings is 1. The van der Waals surface area contributed by atoms with Crippen LogP contribution in [0, 0.1) is 11.8 Å². The summed E-state index contributed by atoms with van der Waals surface area (Å²) in [6.07, 6.45) is 4.16. The number of nitrogens with zero attached hydrogens (tertiary/aromatic N) is 1. The van der Waals surface area contributed by atoms with Crippen LogP contribution in [0.3, 0.4) is 0 Å². The van der Waals surface area contributed by atoms with Crippen molar-refractivity contribution in [1.29, 1.82) is 0 Å². The fourth-order valence-electron chi connectivity index (χ4n) is 3.99. The van der Waals surface area contributed by atoms with Crippen LogP contribution in [0.5, 0.6) is 0 Å². The van der Waals surface area contributed by atoms with Gasteiger partial charge in [-0.15, -0.1) is 0 Å². The fourth-order valence-corrected chi connectivity index (χ4v) is 4.31. The van der Waals surface area contributed by atoms with Crippen molar-refractivity contribution < 1.29 is 9.53 Å². The van der Waals surface area contributed by atoms with Gasteiger partial charge >= 0.3 is 6.09 Å². The first-order valence-corrected chi connectivity index (χ1v) is 9.42. The Kier molecular flexibility index (Phi) is 5.04. The number of hydrogen-bond acceptors (Lipinski definition) is 2. The van der Waals surface area contributed by atoms with Crippen LogP contribution in [0.1, 0.15) is 45.6 Å². The van der Waals surface area contributed by atoms with Gasteiger partial charge in [-0.1, -0.05) is 29.3 Å². The maximum Gasteiger partial charge on any atom is 0.410 e. The molecule has 1 saturated carbocycles. The zero-order chi connectivity index (χ0) is 17.5. The molecule has 0 radical (unpaired) electrons. The summed E-state index contributed by atoms with van der Waals surface area (Å²) in [5, 5.41) is 1.21. The van der Waals surface area contributed by atoms with Gasteiger partial charge in [0.05, 0.1) is 10.0 Å². The van der Waals surface area contributed by atoms with Crippen molar-refractivity contribution in [2.75, 3.05) is 6.54 Å². The predicted octanol–water partition coefficient (Wildman–Crippen LogP) is 5.57. The van der Waals surface area contributed by atoms with Gasteiger partial charge in [-0.25, -0.2) is 4.79 Å². The lowest BCUT2D eigenvalue weighted by molar-refractivity contribution is -0.0287. The first-order chi connectivity index (χ1) is 11.2. The number of rotatable bonds is 2. The standard InChI is InChI=1S/C19H25Cl2NO2/c1-19(2,3)24-18(23)22-11-13-5-6-15(22)10-14(13)8-12-4-7-16(20)17(21)9-12/h4,7,9,13-15H,5-6,8,10-11H2,1-3H3. The molecule has 132 valence electrons. The summed E-state index contributed by atoms with van der Waals surface area (Å²) in [4.78, 5) is 14.4. The van der Waals surface area contributed by atoms with Gasteiger partial charge in [0.1, 0.15) is 5.60 Å². The summed E-state index contributed by atoms with van der Waals surface area (Å²) < 4.78 is 5.57. The molecule has 3 fully saturated rings. The third kappa shape index (κ3) is 4.00. The number of ether oxygens (including phenoxy) is 1. The molecule has 0 aromatic heterocycles. The Labute approximate surface area is 154 Å². The fraction of sp³-hybridized carbons (Fsp3) is 0.632. The molecular weight excluding hydrogens is 345 g/mol. The number of halogens is 2. The van der Waals surface area contributed by atoms with Crippen LogP contribution in [-0.4, -0.2) is 29.2 Å².